The first kappa shape index (κ1) is 11.2. The van der Waals surface area contributed by atoms with Gasteiger partial charge in [-0.2, -0.15) is 8.42 Å². The van der Waals surface area contributed by atoms with Crippen molar-refractivity contribution in [1.82, 2.24) is 0 Å². The molecule has 5 unspecified atom stereocenters. The van der Waals surface area contributed by atoms with Crippen LogP contribution in [0, 0.1) is 0 Å². The Balaban J connectivity index is 2.01. The molecule has 0 aromatic heterocycles. The number of rotatable bonds is 2. The van der Waals surface area contributed by atoms with Gasteiger partial charge >= 0.3 is 5.97 Å². The molecule has 0 aromatic carbocycles. The summed E-state index contributed by atoms with van der Waals surface area (Å²) in [4.78, 5) is 11.3. The SMILES string of the molecule is C=CC(=O)OC1(C)C2CC3OS(=O)(=O)C1C3O2. The highest BCUT2D eigenvalue weighted by Crippen LogP contribution is 2.53. The lowest BCUT2D eigenvalue weighted by atomic mass is 9.84. The molecule has 0 radical (unpaired) electrons. The summed E-state index contributed by atoms with van der Waals surface area (Å²) in [6, 6.07) is 0. The molecule has 0 aliphatic carbocycles. The van der Waals surface area contributed by atoms with E-state index >= 15 is 0 Å². The minimum atomic E-state index is -3.73. The minimum absolute atomic E-state index is 0.425. The summed E-state index contributed by atoms with van der Waals surface area (Å²) in [5, 5.41) is -0.928. The Kier molecular flexibility index (Phi) is 2.04. The summed E-state index contributed by atoms with van der Waals surface area (Å²) in [7, 11) is -3.73. The van der Waals surface area contributed by atoms with Crippen molar-refractivity contribution in [2.75, 3.05) is 0 Å². The molecule has 3 fully saturated rings. The van der Waals surface area contributed by atoms with Crippen molar-refractivity contribution in [1.29, 1.82) is 0 Å². The summed E-state index contributed by atoms with van der Waals surface area (Å²) >= 11 is 0. The summed E-state index contributed by atoms with van der Waals surface area (Å²) in [6.45, 7) is 4.87. The molecule has 0 spiro atoms. The molecule has 0 aromatic rings. The molecular formula is C10H12O6S. The monoisotopic (exact) mass is 260 g/mol. The number of hydrogen-bond acceptors (Lipinski definition) is 6. The maximum absolute atomic E-state index is 11.8. The predicted molar refractivity (Wildman–Crippen MR) is 55.6 cm³/mol. The van der Waals surface area contributed by atoms with Crippen LogP contribution in [0.1, 0.15) is 13.3 Å². The Morgan fingerprint density at radius 1 is 1.59 bits per heavy atom. The van der Waals surface area contributed by atoms with Gasteiger partial charge in [-0.25, -0.2) is 4.79 Å². The number of fused-ring (bicyclic) bond motifs is 1. The van der Waals surface area contributed by atoms with E-state index in [0.29, 0.717) is 6.42 Å². The molecule has 5 atom stereocenters. The van der Waals surface area contributed by atoms with E-state index < -0.39 is 45.3 Å². The summed E-state index contributed by atoms with van der Waals surface area (Å²) in [5.74, 6) is -0.651. The van der Waals surface area contributed by atoms with Crippen LogP contribution in [0.5, 0.6) is 0 Å². The van der Waals surface area contributed by atoms with Crippen LogP contribution in [0.25, 0.3) is 0 Å². The highest BCUT2D eigenvalue weighted by molar-refractivity contribution is 7.87. The zero-order chi connectivity index (χ0) is 12.4. The predicted octanol–water partition coefficient (Wildman–Crippen LogP) is -0.257. The van der Waals surface area contributed by atoms with Gasteiger partial charge in [0.15, 0.2) is 10.9 Å². The van der Waals surface area contributed by atoms with E-state index in [0.717, 1.165) is 6.08 Å². The Hall–Kier alpha value is -0.920. The molecule has 7 heteroatoms. The van der Waals surface area contributed by atoms with E-state index in [1.807, 2.05) is 0 Å². The molecule has 3 heterocycles. The van der Waals surface area contributed by atoms with Gasteiger partial charge in [-0.1, -0.05) is 6.58 Å². The molecule has 3 aliphatic rings. The Morgan fingerprint density at radius 2 is 2.29 bits per heavy atom. The van der Waals surface area contributed by atoms with E-state index in [1.54, 1.807) is 6.92 Å². The van der Waals surface area contributed by atoms with Gasteiger partial charge < -0.3 is 9.47 Å². The lowest BCUT2D eigenvalue weighted by Crippen LogP contribution is -2.53. The van der Waals surface area contributed by atoms with Gasteiger partial charge in [-0.3, -0.25) is 4.18 Å². The van der Waals surface area contributed by atoms with Crippen molar-refractivity contribution >= 4 is 16.1 Å². The van der Waals surface area contributed by atoms with E-state index in [9.17, 15) is 13.2 Å². The smallest absolute Gasteiger partial charge is 0.330 e. The fraction of sp³-hybridized carbons (Fsp3) is 0.700. The van der Waals surface area contributed by atoms with Gasteiger partial charge in [0.25, 0.3) is 10.1 Å². The number of ether oxygens (including phenoxy) is 2. The van der Waals surface area contributed by atoms with Crippen molar-refractivity contribution in [2.24, 2.45) is 0 Å². The number of carbonyl (C=O) groups is 1. The molecule has 17 heavy (non-hydrogen) atoms. The van der Waals surface area contributed by atoms with E-state index in [-0.39, 0.29) is 0 Å². The number of esters is 1. The van der Waals surface area contributed by atoms with Crippen LogP contribution in [0.4, 0.5) is 0 Å². The van der Waals surface area contributed by atoms with Crippen LogP contribution in [0.15, 0.2) is 12.7 Å². The zero-order valence-electron chi connectivity index (χ0n) is 9.16. The van der Waals surface area contributed by atoms with Gasteiger partial charge in [-0.05, 0) is 6.92 Å². The molecule has 6 nitrogen and oxygen atoms in total. The van der Waals surface area contributed by atoms with Crippen molar-refractivity contribution in [3.63, 3.8) is 0 Å². The Bertz CT molecular complexity index is 495. The van der Waals surface area contributed by atoms with E-state index in [4.69, 9.17) is 13.7 Å². The van der Waals surface area contributed by atoms with Crippen LogP contribution >= 0.6 is 0 Å². The summed E-state index contributed by atoms with van der Waals surface area (Å²) in [5.41, 5.74) is -1.18. The first-order valence-corrected chi connectivity index (χ1v) is 6.78. The van der Waals surface area contributed by atoms with Crippen LogP contribution < -0.4 is 0 Å². The Labute approximate surface area is 98.7 Å². The third-order valence-corrected chi connectivity index (χ3v) is 5.57. The maximum atomic E-state index is 11.8. The first-order chi connectivity index (χ1) is 7.88. The molecular weight excluding hydrogens is 248 g/mol. The first-order valence-electron chi connectivity index (χ1n) is 5.31. The van der Waals surface area contributed by atoms with Crippen molar-refractivity contribution in [2.45, 2.75) is 42.5 Å². The van der Waals surface area contributed by atoms with E-state index in [2.05, 4.69) is 6.58 Å². The summed E-state index contributed by atoms with van der Waals surface area (Å²) < 4.78 is 39.4. The second-order valence-electron chi connectivity index (χ2n) is 4.68. The third kappa shape index (κ3) is 1.27. The molecule has 2 bridgehead atoms. The lowest BCUT2D eigenvalue weighted by molar-refractivity contribution is -0.156. The highest BCUT2D eigenvalue weighted by Gasteiger charge is 2.73. The molecule has 0 N–H and O–H groups in total. The average molecular weight is 260 g/mol. The van der Waals surface area contributed by atoms with Crippen LogP contribution in [-0.4, -0.2) is 43.5 Å². The lowest BCUT2D eigenvalue weighted by Gasteiger charge is -2.32. The standard InChI is InChI=1S/C10H12O6S/c1-3-7(11)15-10(2)6-4-5-8(14-6)9(10)17(12,13)16-5/h3,5-6,8-9H,1,4H2,2H3. The number of hydrogen-bond donors (Lipinski definition) is 0. The maximum Gasteiger partial charge on any atom is 0.330 e. The Morgan fingerprint density at radius 3 is 2.94 bits per heavy atom. The minimum Gasteiger partial charge on any atom is -0.452 e. The quantitative estimate of drug-likeness (QED) is 0.387. The molecule has 3 aliphatic heterocycles. The number of carbonyl (C=O) groups excluding carboxylic acids is 1. The van der Waals surface area contributed by atoms with Crippen LogP contribution in [0.2, 0.25) is 0 Å². The second-order valence-corrected chi connectivity index (χ2v) is 6.37. The molecule has 94 valence electrons. The average Bonchev–Trinajstić information content (AvgIpc) is 2.76. The fourth-order valence-corrected chi connectivity index (χ4v) is 4.98. The topological polar surface area (TPSA) is 78.9 Å². The van der Waals surface area contributed by atoms with Crippen LogP contribution in [-0.2, 0) is 28.6 Å². The highest BCUT2D eigenvalue weighted by atomic mass is 32.2. The second kappa shape index (κ2) is 3.09. The zero-order valence-corrected chi connectivity index (χ0v) is 9.98. The van der Waals surface area contributed by atoms with Crippen molar-refractivity contribution in [3.05, 3.63) is 12.7 Å². The van der Waals surface area contributed by atoms with Gasteiger partial charge in [0.05, 0.1) is 0 Å². The van der Waals surface area contributed by atoms with Crippen molar-refractivity contribution in [3.8, 4) is 0 Å². The summed E-state index contributed by atoms with van der Waals surface area (Å²) in [6.07, 6.45) is 0.0696. The molecule has 3 rings (SSSR count). The molecule has 3 saturated heterocycles. The molecule has 0 amide bonds. The third-order valence-electron chi connectivity index (χ3n) is 3.69. The molecule has 0 saturated carbocycles. The van der Waals surface area contributed by atoms with Gasteiger partial charge in [0.2, 0.25) is 0 Å². The van der Waals surface area contributed by atoms with Gasteiger partial charge in [0.1, 0.15) is 18.3 Å². The van der Waals surface area contributed by atoms with E-state index in [1.165, 1.54) is 0 Å². The van der Waals surface area contributed by atoms with Crippen molar-refractivity contribution < 1.29 is 26.9 Å². The van der Waals surface area contributed by atoms with Gasteiger partial charge in [-0.15, -0.1) is 0 Å². The van der Waals surface area contributed by atoms with Gasteiger partial charge in [0, 0.05) is 12.5 Å². The van der Waals surface area contributed by atoms with Crippen LogP contribution in [0.3, 0.4) is 0 Å². The fourth-order valence-electron chi connectivity index (χ4n) is 2.98. The normalized spacial score (nSPS) is 49.2. The largest absolute Gasteiger partial charge is 0.452 e.